The predicted molar refractivity (Wildman–Crippen MR) is 110 cm³/mol. The summed E-state index contributed by atoms with van der Waals surface area (Å²) < 4.78 is 15.9. The monoisotopic (exact) mass is 423 g/mol. The fraction of sp³-hybridized carbons (Fsp3) is 0.150. The van der Waals surface area contributed by atoms with Crippen molar-refractivity contribution in [2.45, 2.75) is 10.9 Å². The predicted octanol–water partition coefficient (Wildman–Crippen LogP) is 3.19. The number of nitrogens with zero attached hydrogens (tertiary/aromatic N) is 4. The van der Waals surface area contributed by atoms with Gasteiger partial charge in [0, 0.05) is 18.3 Å². The zero-order valence-corrected chi connectivity index (χ0v) is 17.0. The van der Waals surface area contributed by atoms with E-state index in [0.717, 1.165) is 0 Å². The summed E-state index contributed by atoms with van der Waals surface area (Å²) in [5.41, 5.74) is 1.54. The Hall–Kier alpha value is -3.66. The Morgan fingerprint density at radius 2 is 1.97 bits per heavy atom. The van der Waals surface area contributed by atoms with E-state index in [1.54, 1.807) is 50.7 Å². The highest BCUT2D eigenvalue weighted by Crippen LogP contribution is 2.32. The lowest BCUT2D eigenvalue weighted by molar-refractivity contribution is 0.388. The van der Waals surface area contributed by atoms with Gasteiger partial charge in [-0.2, -0.15) is 4.98 Å². The van der Waals surface area contributed by atoms with Gasteiger partial charge in [0.2, 0.25) is 11.7 Å². The zero-order chi connectivity index (χ0) is 20.9. The number of rotatable bonds is 7. The van der Waals surface area contributed by atoms with E-state index in [2.05, 4.69) is 25.1 Å². The number of aromatic amines is 1. The lowest BCUT2D eigenvalue weighted by Crippen LogP contribution is -2.08. The van der Waals surface area contributed by atoms with Crippen molar-refractivity contribution in [3.05, 3.63) is 64.9 Å². The van der Waals surface area contributed by atoms with E-state index in [4.69, 9.17) is 14.0 Å². The molecule has 4 rings (SSSR count). The Bertz CT molecular complexity index is 1210. The molecule has 1 aromatic carbocycles. The van der Waals surface area contributed by atoms with Crippen LogP contribution in [0.1, 0.15) is 5.89 Å². The number of hydrogen-bond acceptors (Lipinski definition) is 9. The number of hydrogen-bond donors (Lipinski definition) is 1. The first-order valence-electron chi connectivity index (χ1n) is 8.87. The number of ether oxygens (including phenoxy) is 2. The van der Waals surface area contributed by atoms with Gasteiger partial charge in [0.05, 0.1) is 36.9 Å². The van der Waals surface area contributed by atoms with Gasteiger partial charge < -0.3 is 19.0 Å². The van der Waals surface area contributed by atoms with E-state index in [1.165, 1.54) is 17.8 Å². The lowest BCUT2D eigenvalue weighted by Gasteiger charge is -2.07. The van der Waals surface area contributed by atoms with Crippen LogP contribution < -0.4 is 15.0 Å². The molecular formula is C20H17N5O4S. The second kappa shape index (κ2) is 8.78. The first kappa shape index (κ1) is 19.6. The quantitative estimate of drug-likeness (QED) is 0.353. The largest absolute Gasteiger partial charge is 0.497 e. The van der Waals surface area contributed by atoms with Crippen molar-refractivity contribution in [1.82, 2.24) is 25.1 Å². The summed E-state index contributed by atoms with van der Waals surface area (Å²) in [5.74, 6) is 2.36. The van der Waals surface area contributed by atoms with Crippen LogP contribution in [0, 0.1) is 0 Å². The SMILES string of the molecule is COc1ccc(-c2noc(CSc3nc(-c4ccccn4)cc(=O)[nH]3)n2)c(OC)c1. The van der Waals surface area contributed by atoms with E-state index < -0.39 is 0 Å². The van der Waals surface area contributed by atoms with Gasteiger partial charge >= 0.3 is 0 Å². The molecule has 152 valence electrons. The van der Waals surface area contributed by atoms with Crippen LogP contribution in [0.25, 0.3) is 22.8 Å². The molecule has 0 saturated heterocycles. The Morgan fingerprint density at radius 1 is 1.07 bits per heavy atom. The topological polar surface area (TPSA) is 116 Å². The van der Waals surface area contributed by atoms with E-state index in [9.17, 15) is 4.79 Å². The molecule has 0 bridgehead atoms. The van der Waals surface area contributed by atoms with Crippen LogP contribution in [-0.2, 0) is 5.75 Å². The zero-order valence-electron chi connectivity index (χ0n) is 16.2. The molecule has 0 amide bonds. The molecule has 0 aliphatic rings. The third-order valence-electron chi connectivity index (χ3n) is 4.10. The van der Waals surface area contributed by atoms with Crippen LogP contribution in [-0.4, -0.2) is 39.3 Å². The highest BCUT2D eigenvalue weighted by atomic mass is 32.2. The minimum absolute atomic E-state index is 0.262. The second-order valence-corrected chi connectivity index (χ2v) is 6.98. The Kier molecular flexibility index (Phi) is 5.75. The summed E-state index contributed by atoms with van der Waals surface area (Å²) in [6.07, 6.45) is 1.65. The van der Waals surface area contributed by atoms with Gasteiger partial charge in [0.15, 0.2) is 5.16 Å². The van der Waals surface area contributed by atoms with Gasteiger partial charge in [0.25, 0.3) is 5.56 Å². The number of aromatic nitrogens is 5. The lowest BCUT2D eigenvalue weighted by atomic mass is 10.2. The molecule has 9 nitrogen and oxygen atoms in total. The van der Waals surface area contributed by atoms with Crippen LogP contribution in [0.2, 0.25) is 0 Å². The number of pyridine rings is 1. The van der Waals surface area contributed by atoms with Crippen molar-refractivity contribution in [3.8, 4) is 34.3 Å². The van der Waals surface area contributed by atoms with Crippen molar-refractivity contribution >= 4 is 11.8 Å². The summed E-state index contributed by atoms with van der Waals surface area (Å²) in [6, 6.07) is 12.2. The van der Waals surface area contributed by atoms with Gasteiger partial charge in [-0.1, -0.05) is 23.0 Å². The molecule has 3 heterocycles. The van der Waals surface area contributed by atoms with Crippen molar-refractivity contribution in [2.75, 3.05) is 14.2 Å². The maximum absolute atomic E-state index is 12.0. The average Bonchev–Trinajstić information content (AvgIpc) is 3.26. The fourth-order valence-electron chi connectivity index (χ4n) is 2.69. The Labute approximate surface area is 175 Å². The summed E-state index contributed by atoms with van der Waals surface area (Å²) in [5, 5.41) is 4.46. The molecule has 0 saturated carbocycles. The number of H-pyrrole nitrogens is 1. The van der Waals surface area contributed by atoms with Crippen molar-refractivity contribution in [1.29, 1.82) is 0 Å². The molecule has 0 aliphatic heterocycles. The van der Waals surface area contributed by atoms with Crippen LogP contribution in [0.3, 0.4) is 0 Å². The second-order valence-electron chi connectivity index (χ2n) is 6.02. The first-order valence-corrected chi connectivity index (χ1v) is 9.85. The van der Waals surface area contributed by atoms with Crippen LogP contribution in [0.15, 0.2) is 63.1 Å². The third-order valence-corrected chi connectivity index (χ3v) is 4.96. The van der Waals surface area contributed by atoms with Crippen molar-refractivity contribution < 1.29 is 14.0 Å². The molecule has 3 aromatic heterocycles. The van der Waals surface area contributed by atoms with E-state index >= 15 is 0 Å². The molecule has 10 heteroatoms. The number of nitrogens with one attached hydrogen (secondary N) is 1. The van der Waals surface area contributed by atoms with Gasteiger partial charge in [-0.05, 0) is 24.3 Å². The maximum Gasteiger partial charge on any atom is 0.252 e. The summed E-state index contributed by atoms with van der Waals surface area (Å²) in [6.45, 7) is 0. The molecule has 0 unspecified atom stereocenters. The molecule has 0 fully saturated rings. The van der Waals surface area contributed by atoms with E-state index in [-0.39, 0.29) is 5.56 Å². The van der Waals surface area contributed by atoms with E-state index in [1.807, 2.05) is 6.07 Å². The highest BCUT2D eigenvalue weighted by molar-refractivity contribution is 7.98. The number of methoxy groups -OCH3 is 2. The summed E-state index contributed by atoms with van der Waals surface area (Å²) >= 11 is 1.28. The molecule has 0 spiro atoms. The van der Waals surface area contributed by atoms with Gasteiger partial charge in [-0.3, -0.25) is 9.78 Å². The molecule has 0 atom stereocenters. The first-order chi connectivity index (χ1) is 14.7. The normalized spacial score (nSPS) is 10.7. The summed E-state index contributed by atoms with van der Waals surface area (Å²) in [7, 11) is 3.14. The average molecular weight is 423 g/mol. The van der Waals surface area contributed by atoms with Crippen LogP contribution in [0.5, 0.6) is 11.5 Å². The van der Waals surface area contributed by atoms with E-state index in [0.29, 0.717) is 51.1 Å². The van der Waals surface area contributed by atoms with Crippen molar-refractivity contribution in [3.63, 3.8) is 0 Å². The standard InChI is InChI=1S/C20H17N5O4S/c1-27-12-6-7-13(16(9-12)28-2)19-24-18(29-25-19)11-30-20-22-15(10-17(26)23-20)14-5-3-4-8-21-14/h3-10H,11H2,1-2H3,(H,22,23,26). The third kappa shape index (κ3) is 4.33. The number of benzene rings is 1. The number of thioether (sulfide) groups is 1. The van der Waals surface area contributed by atoms with Gasteiger partial charge in [-0.15, -0.1) is 0 Å². The molecule has 1 N–H and O–H groups in total. The van der Waals surface area contributed by atoms with Gasteiger partial charge in [0.1, 0.15) is 11.5 Å². The Morgan fingerprint density at radius 3 is 2.73 bits per heavy atom. The molecule has 4 aromatic rings. The molecular weight excluding hydrogens is 406 g/mol. The fourth-order valence-corrected chi connectivity index (χ4v) is 3.40. The maximum atomic E-state index is 12.0. The molecule has 0 radical (unpaired) electrons. The van der Waals surface area contributed by atoms with Crippen molar-refractivity contribution in [2.24, 2.45) is 0 Å². The molecule has 30 heavy (non-hydrogen) atoms. The minimum Gasteiger partial charge on any atom is -0.497 e. The van der Waals surface area contributed by atoms with Gasteiger partial charge in [-0.25, -0.2) is 4.98 Å². The minimum atomic E-state index is -0.262. The summed E-state index contributed by atoms with van der Waals surface area (Å²) in [4.78, 5) is 27.8. The Balaban J connectivity index is 1.52. The van der Waals surface area contributed by atoms with Crippen LogP contribution >= 0.6 is 11.8 Å². The molecule has 0 aliphatic carbocycles. The van der Waals surface area contributed by atoms with Crippen LogP contribution in [0.4, 0.5) is 0 Å². The highest BCUT2D eigenvalue weighted by Gasteiger charge is 2.15. The smallest absolute Gasteiger partial charge is 0.252 e.